The van der Waals surface area contributed by atoms with Crippen molar-refractivity contribution >= 4 is 5.97 Å². The number of hydrogen-bond acceptors (Lipinski definition) is 5. The lowest BCUT2D eigenvalue weighted by atomic mass is 9.92. The summed E-state index contributed by atoms with van der Waals surface area (Å²) in [4.78, 5) is 12.5. The SMILES string of the molecule is CCOC(=O)C(Cc1cccc(OC)c1)Cc1ccc(OC)c(OC)c1. The summed E-state index contributed by atoms with van der Waals surface area (Å²) in [5.41, 5.74) is 2.02. The molecule has 0 aromatic heterocycles. The maximum atomic E-state index is 12.5. The van der Waals surface area contributed by atoms with Crippen LogP contribution in [0.5, 0.6) is 17.2 Å². The number of carbonyl (C=O) groups excluding carboxylic acids is 1. The largest absolute Gasteiger partial charge is 0.497 e. The van der Waals surface area contributed by atoms with Crippen molar-refractivity contribution in [3.05, 3.63) is 53.6 Å². The van der Waals surface area contributed by atoms with Crippen LogP contribution in [0.3, 0.4) is 0 Å². The van der Waals surface area contributed by atoms with Crippen molar-refractivity contribution in [3.8, 4) is 17.2 Å². The van der Waals surface area contributed by atoms with Crippen molar-refractivity contribution in [2.24, 2.45) is 5.92 Å². The molecule has 0 saturated carbocycles. The summed E-state index contributed by atoms with van der Waals surface area (Å²) >= 11 is 0. The Bertz CT molecular complexity index is 726. The van der Waals surface area contributed by atoms with E-state index in [9.17, 15) is 4.79 Å². The zero-order chi connectivity index (χ0) is 18.9. The molecule has 0 aliphatic rings. The molecule has 0 N–H and O–H groups in total. The van der Waals surface area contributed by atoms with Gasteiger partial charge in [-0.15, -0.1) is 0 Å². The Labute approximate surface area is 154 Å². The van der Waals surface area contributed by atoms with Crippen LogP contribution in [-0.2, 0) is 22.4 Å². The fourth-order valence-electron chi connectivity index (χ4n) is 2.88. The van der Waals surface area contributed by atoms with E-state index in [1.807, 2.05) is 49.4 Å². The lowest BCUT2D eigenvalue weighted by molar-refractivity contribution is -0.147. The van der Waals surface area contributed by atoms with Gasteiger partial charge in [-0.05, 0) is 55.2 Å². The summed E-state index contributed by atoms with van der Waals surface area (Å²) < 4.78 is 21.2. The fraction of sp³-hybridized carbons (Fsp3) is 0.381. The van der Waals surface area contributed by atoms with Gasteiger partial charge in [0.15, 0.2) is 11.5 Å². The molecule has 0 amide bonds. The molecule has 26 heavy (non-hydrogen) atoms. The first-order valence-electron chi connectivity index (χ1n) is 8.61. The summed E-state index contributed by atoms with van der Waals surface area (Å²) in [6.45, 7) is 2.18. The number of carbonyl (C=O) groups is 1. The van der Waals surface area contributed by atoms with Gasteiger partial charge in [-0.1, -0.05) is 18.2 Å². The van der Waals surface area contributed by atoms with E-state index >= 15 is 0 Å². The summed E-state index contributed by atoms with van der Waals surface area (Å²) in [7, 11) is 4.83. The third-order valence-electron chi connectivity index (χ3n) is 4.17. The van der Waals surface area contributed by atoms with E-state index in [1.165, 1.54) is 0 Å². The molecule has 0 spiro atoms. The summed E-state index contributed by atoms with van der Waals surface area (Å²) in [6, 6.07) is 13.4. The van der Waals surface area contributed by atoms with Crippen LogP contribution in [-0.4, -0.2) is 33.9 Å². The number of benzene rings is 2. The number of esters is 1. The van der Waals surface area contributed by atoms with Crippen LogP contribution in [0.15, 0.2) is 42.5 Å². The minimum Gasteiger partial charge on any atom is -0.497 e. The molecule has 2 aromatic rings. The molecule has 0 saturated heterocycles. The van der Waals surface area contributed by atoms with E-state index in [2.05, 4.69) is 0 Å². The zero-order valence-corrected chi connectivity index (χ0v) is 15.8. The molecule has 0 bridgehead atoms. The maximum Gasteiger partial charge on any atom is 0.309 e. The third-order valence-corrected chi connectivity index (χ3v) is 4.17. The average molecular weight is 358 g/mol. The van der Waals surface area contributed by atoms with Gasteiger partial charge in [0, 0.05) is 0 Å². The van der Waals surface area contributed by atoms with E-state index in [0.29, 0.717) is 30.9 Å². The number of hydrogen-bond donors (Lipinski definition) is 0. The second kappa shape index (κ2) is 9.70. The van der Waals surface area contributed by atoms with E-state index in [1.54, 1.807) is 21.3 Å². The quantitative estimate of drug-likeness (QED) is 0.640. The summed E-state index contributed by atoms with van der Waals surface area (Å²) in [6.07, 6.45) is 1.13. The molecule has 5 nitrogen and oxygen atoms in total. The predicted octanol–water partition coefficient (Wildman–Crippen LogP) is 3.68. The predicted molar refractivity (Wildman–Crippen MR) is 100 cm³/mol. The van der Waals surface area contributed by atoms with Crippen LogP contribution in [0.4, 0.5) is 0 Å². The van der Waals surface area contributed by atoms with Gasteiger partial charge in [0.1, 0.15) is 5.75 Å². The second-order valence-corrected chi connectivity index (χ2v) is 5.90. The highest BCUT2D eigenvalue weighted by Crippen LogP contribution is 2.29. The molecule has 0 aliphatic carbocycles. The summed E-state index contributed by atoms with van der Waals surface area (Å²) in [5, 5.41) is 0. The number of methoxy groups -OCH3 is 3. The van der Waals surface area contributed by atoms with Crippen molar-refractivity contribution in [1.29, 1.82) is 0 Å². The minimum absolute atomic E-state index is 0.204. The molecule has 0 aliphatic heterocycles. The second-order valence-electron chi connectivity index (χ2n) is 5.90. The summed E-state index contributed by atoms with van der Waals surface area (Å²) in [5.74, 6) is 1.59. The highest BCUT2D eigenvalue weighted by Gasteiger charge is 2.22. The van der Waals surface area contributed by atoms with Gasteiger partial charge in [-0.2, -0.15) is 0 Å². The Kier molecular flexibility index (Phi) is 7.33. The van der Waals surface area contributed by atoms with Crippen molar-refractivity contribution in [2.75, 3.05) is 27.9 Å². The number of ether oxygens (including phenoxy) is 4. The van der Waals surface area contributed by atoms with E-state index in [4.69, 9.17) is 18.9 Å². The van der Waals surface area contributed by atoms with Crippen LogP contribution < -0.4 is 14.2 Å². The standard InChI is InChI=1S/C21H26O5/c1-5-26-21(22)17(11-15-7-6-8-18(13-15)23-2)12-16-9-10-19(24-3)20(14-16)25-4/h6-10,13-14,17H,5,11-12H2,1-4H3. The highest BCUT2D eigenvalue weighted by molar-refractivity contribution is 5.73. The van der Waals surface area contributed by atoms with Crippen molar-refractivity contribution < 1.29 is 23.7 Å². The molecule has 2 aromatic carbocycles. The fourth-order valence-corrected chi connectivity index (χ4v) is 2.88. The molecular weight excluding hydrogens is 332 g/mol. The van der Waals surface area contributed by atoms with Crippen molar-refractivity contribution in [3.63, 3.8) is 0 Å². The molecule has 2 rings (SSSR count). The van der Waals surface area contributed by atoms with Crippen LogP contribution in [0, 0.1) is 5.92 Å². The Morgan fingerprint density at radius 1 is 0.885 bits per heavy atom. The van der Waals surface area contributed by atoms with Crippen molar-refractivity contribution in [1.82, 2.24) is 0 Å². The van der Waals surface area contributed by atoms with Gasteiger partial charge < -0.3 is 18.9 Å². The number of rotatable bonds is 9. The monoisotopic (exact) mass is 358 g/mol. The van der Waals surface area contributed by atoms with Crippen LogP contribution in [0.25, 0.3) is 0 Å². The molecule has 1 unspecified atom stereocenters. The minimum atomic E-state index is -0.292. The molecule has 5 heteroatoms. The lowest BCUT2D eigenvalue weighted by Crippen LogP contribution is -2.22. The zero-order valence-electron chi connectivity index (χ0n) is 15.8. The van der Waals surface area contributed by atoms with Crippen LogP contribution in [0.2, 0.25) is 0 Å². The van der Waals surface area contributed by atoms with Crippen LogP contribution in [0.1, 0.15) is 18.1 Å². The third kappa shape index (κ3) is 5.15. The van der Waals surface area contributed by atoms with E-state index in [0.717, 1.165) is 16.9 Å². The van der Waals surface area contributed by atoms with Gasteiger partial charge in [0.25, 0.3) is 0 Å². The topological polar surface area (TPSA) is 54.0 Å². The first kappa shape index (κ1) is 19.6. The van der Waals surface area contributed by atoms with E-state index < -0.39 is 0 Å². The molecule has 140 valence electrons. The molecule has 0 radical (unpaired) electrons. The van der Waals surface area contributed by atoms with Gasteiger partial charge in [0.2, 0.25) is 0 Å². The van der Waals surface area contributed by atoms with Gasteiger partial charge in [0.05, 0.1) is 33.9 Å². The van der Waals surface area contributed by atoms with Crippen LogP contribution >= 0.6 is 0 Å². The normalized spacial score (nSPS) is 11.5. The van der Waals surface area contributed by atoms with Crippen molar-refractivity contribution in [2.45, 2.75) is 19.8 Å². The van der Waals surface area contributed by atoms with Gasteiger partial charge >= 0.3 is 5.97 Å². The molecule has 1 atom stereocenters. The first-order chi connectivity index (χ1) is 12.6. The Morgan fingerprint density at radius 2 is 1.58 bits per heavy atom. The maximum absolute atomic E-state index is 12.5. The Morgan fingerprint density at radius 3 is 2.19 bits per heavy atom. The van der Waals surface area contributed by atoms with E-state index in [-0.39, 0.29) is 11.9 Å². The highest BCUT2D eigenvalue weighted by atomic mass is 16.5. The van der Waals surface area contributed by atoms with Gasteiger partial charge in [-0.3, -0.25) is 4.79 Å². The van der Waals surface area contributed by atoms with Gasteiger partial charge in [-0.25, -0.2) is 0 Å². The molecule has 0 heterocycles. The molecule has 0 fully saturated rings. The molecular formula is C21H26O5. The average Bonchev–Trinajstić information content (AvgIpc) is 2.67. The Balaban J connectivity index is 2.23. The Hall–Kier alpha value is -2.69. The first-order valence-corrected chi connectivity index (χ1v) is 8.61. The lowest BCUT2D eigenvalue weighted by Gasteiger charge is -2.17. The smallest absolute Gasteiger partial charge is 0.309 e.